The molecule has 0 spiro atoms. The Labute approximate surface area is 113 Å². The van der Waals surface area contributed by atoms with E-state index in [9.17, 15) is 0 Å². The van der Waals surface area contributed by atoms with Gasteiger partial charge in [-0.25, -0.2) is 0 Å². The van der Waals surface area contributed by atoms with Gasteiger partial charge in [0.25, 0.3) is 0 Å². The Morgan fingerprint density at radius 1 is 1.17 bits per heavy atom. The average Bonchev–Trinajstić information content (AvgIpc) is 2.80. The minimum Gasteiger partial charge on any atom is -0.316 e. The lowest BCUT2D eigenvalue weighted by atomic mass is 10.0. The smallest absolute Gasteiger partial charge is 0.0220 e. The van der Waals surface area contributed by atoms with Gasteiger partial charge in [-0.15, -0.1) is 0 Å². The fourth-order valence-corrected chi connectivity index (χ4v) is 3.40. The van der Waals surface area contributed by atoms with Crippen molar-refractivity contribution in [1.29, 1.82) is 0 Å². The summed E-state index contributed by atoms with van der Waals surface area (Å²) in [6.45, 7) is 9.91. The predicted molar refractivity (Wildman–Crippen MR) is 78.0 cm³/mol. The van der Waals surface area contributed by atoms with E-state index >= 15 is 0 Å². The molecule has 0 bridgehead atoms. The van der Waals surface area contributed by atoms with Crippen LogP contribution in [0.15, 0.2) is 0 Å². The lowest BCUT2D eigenvalue weighted by Crippen LogP contribution is -2.44. The van der Waals surface area contributed by atoms with E-state index in [4.69, 9.17) is 0 Å². The van der Waals surface area contributed by atoms with Crippen LogP contribution in [0.5, 0.6) is 0 Å². The van der Waals surface area contributed by atoms with Crippen LogP contribution in [0, 0.1) is 5.92 Å². The molecule has 2 fully saturated rings. The average molecular weight is 253 g/mol. The van der Waals surface area contributed by atoms with E-state index in [-0.39, 0.29) is 0 Å². The molecule has 18 heavy (non-hydrogen) atoms. The molecule has 3 nitrogen and oxygen atoms in total. The van der Waals surface area contributed by atoms with E-state index < -0.39 is 0 Å². The Morgan fingerprint density at radius 3 is 2.83 bits per heavy atom. The van der Waals surface area contributed by atoms with Crippen LogP contribution in [-0.4, -0.2) is 62.2 Å². The lowest BCUT2D eigenvalue weighted by Gasteiger charge is -2.35. The zero-order valence-electron chi connectivity index (χ0n) is 12.3. The summed E-state index contributed by atoms with van der Waals surface area (Å²) in [5, 5.41) is 3.57. The maximum Gasteiger partial charge on any atom is 0.0220 e. The van der Waals surface area contributed by atoms with E-state index in [0.717, 1.165) is 12.0 Å². The molecule has 3 heteroatoms. The second-order valence-electron chi connectivity index (χ2n) is 6.25. The van der Waals surface area contributed by atoms with Gasteiger partial charge in [-0.05, 0) is 64.8 Å². The van der Waals surface area contributed by atoms with Crippen molar-refractivity contribution in [3.8, 4) is 0 Å². The summed E-state index contributed by atoms with van der Waals surface area (Å²) in [6.07, 6.45) is 6.89. The van der Waals surface area contributed by atoms with Crippen molar-refractivity contribution in [2.24, 2.45) is 5.92 Å². The van der Waals surface area contributed by atoms with Gasteiger partial charge in [0.2, 0.25) is 0 Å². The number of likely N-dealkylation sites (N-methyl/N-ethyl adjacent to an activating group) is 1. The van der Waals surface area contributed by atoms with Crippen molar-refractivity contribution in [3.63, 3.8) is 0 Å². The number of rotatable bonds is 6. The van der Waals surface area contributed by atoms with E-state index in [2.05, 4.69) is 29.1 Å². The maximum absolute atomic E-state index is 3.57. The Bertz CT molecular complexity index is 232. The SMILES string of the molecule is CCCNCC1CCN(CC2CCCCN2C)C1. The van der Waals surface area contributed by atoms with Gasteiger partial charge in [0.1, 0.15) is 0 Å². The third-order valence-electron chi connectivity index (χ3n) is 4.62. The van der Waals surface area contributed by atoms with Gasteiger partial charge >= 0.3 is 0 Å². The van der Waals surface area contributed by atoms with E-state index in [1.807, 2.05) is 0 Å². The highest BCUT2D eigenvalue weighted by molar-refractivity contribution is 4.83. The summed E-state index contributed by atoms with van der Waals surface area (Å²) < 4.78 is 0. The van der Waals surface area contributed by atoms with Crippen LogP contribution in [0.3, 0.4) is 0 Å². The van der Waals surface area contributed by atoms with E-state index in [0.29, 0.717) is 0 Å². The van der Waals surface area contributed by atoms with Crippen molar-refractivity contribution in [1.82, 2.24) is 15.1 Å². The van der Waals surface area contributed by atoms with Crippen molar-refractivity contribution in [2.75, 3.05) is 46.3 Å². The number of hydrogen-bond donors (Lipinski definition) is 1. The summed E-state index contributed by atoms with van der Waals surface area (Å²) in [7, 11) is 2.31. The summed E-state index contributed by atoms with van der Waals surface area (Å²) >= 11 is 0. The highest BCUT2D eigenvalue weighted by Gasteiger charge is 2.26. The van der Waals surface area contributed by atoms with Crippen LogP contribution in [0.1, 0.15) is 39.0 Å². The first-order valence-electron chi connectivity index (χ1n) is 7.93. The molecule has 2 unspecified atom stereocenters. The number of piperidine rings is 1. The molecule has 2 heterocycles. The molecular formula is C15H31N3. The molecule has 0 aromatic heterocycles. The summed E-state index contributed by atoms with van der Waals surface area (Å²) in [5.41, 5.74) is 0. The molecule has 0 aromatic carbocycles. The molecule has 0 saturated carbocycles. The monoisotopic (exact) mass is 253 g/mol. The minimum absolute atomic E-state index is 0.820. The van der Waals surface area contributed by atoms with Crippen molar-refractivity contribution in [2.45, 2.75) is 45.1 Å². The first kappa shape index (κ1) is 14.3. The van der Waals surface area contributed by atoms with Gasteiger partial charge in [-0.2, -0.15) is 0 Å². The Balaban J connectivity index is 1.65. The summed E-state index contributed by atoms with van der Waals surface area (Å²) in [5.74, 6) is 0.894. The third-order valence-corrected chi connectivity index (χ3v) is 4.62. The fourth-order valence-electron chi connectivity index (χ4n) is 3.40. The predicted octanol–water partition coefficient (Wildman–Crippen LogP) is 1.79. The molecule has 0 aromatic rings. The van der Waals surface area contributed by atoms with Crippen molar-refractivity contribution in [3.05, 3.63) is 0 Å². The molecule has 0 radical (unpaired) electrons. The second-order valence-corrected chi connectivity index (χ2v) is 6.25. The van der Waals surface area contributed by atoms with Crippen LogP contribution in [-0.2, 0) is 0 Å². The molecule has 2 rings (SSSR count). The highest BCUT2D eigenvalue weighted by Crippen LogP contribution is 2.20. The van der Waals surface area contributed by atoms with Gasteiger partial charge in [0, 0.05) is 19.1 Å². The lowest BCUT2D eigenvalue weighted by molar-refractivity contribution is 0.139. The summed E-state index contributed by atoms with van der Waals surface area (Å²) in [4.78, 5) is 5.27. The molecule has 2 aliphatic rings. The molecule has 2 aliphatic heterocycles. The standard InChI is InChI=1S/C15H31N3/c1-3-8-16-11-14-7-10-18(12-14)13-15-6-4-5-9-17(15)2/h14-16H,3-13H2,1-2H3. The molecule has 106 valence electrons. The van der Waals surface area contributed by atoms with Gasteiger partial charge < -0.3 is 15.1 Å². The van der Waals surface area contributed by atoms with E-state index in [1.165, 1.54) is 71.4 Å². The number of nitrogens with one attached hydrogen (secondary N) is 1. The Kier molecular flexibility index (Phi) is 5.93. The van der Waals surface area contributed by atoms with Crippen LogP contribution in [0.2, 0.25) is 0 Å². The summed E-state index contributed by atoms with van der Waals surface area (Å²) in [6, 6.07) is 0.820. The zero-order chi connectivity index (χ0) is 12.8. The van der Waals surface area contributed by atoms with Crippen LogP contribution in [0.25, 0.3) is 0 Å². The molecule has 2 saturated heterocycles. The van der Waals surface area contributed by atoms with Gasteiger partial charge in [-0.1, -0.05) is 13.3 Å². The van der Waals surface area contributed by atoms with Gasteiger partial charge in [0.05, 0.1) is 0 Å². The van der Waals surface area contributed by atoms with Crippen LogP contribution < -0.4 is 5.32 Å². The van der Waals surface area contributed by atoms with Crippen molar-refractivity contribution >= 4 is 0 Å². The van der Waals surface area contributed by atoms with Gasteiger partial charge in [0.15, 0.2) is 0 Å². The maximum atomic E-state index is 3.57. The van der Waals surface area contributed by atoms with Crippen LogP contribution >= 0.6 is 0 Å². The first-order chi connectivity index (χ1) is 8.79. The number of nitrogens with zero attached hydrogens (tertiary/aromatic N) is 2. The second kappa shape index (κ2) is 7.46. The number of likely N-dealkylation sites (tertiary alicyclic amines) is 2. The molecule has 1 N–H and O–H groups in total. The first-order valence-corrected chi connectivity index (χ1v) is 7.93. The number of hydrogen-bond acceptors (Lipinski definition) is 3. The Hall–Kier alpha value is -0.120. The quantitative estimate of drug-likeness (QED) is 0.728. The van der Waals surface area contributed by atoms with E-state index in [1.54, 1.807) is 0 Å². The van der Waals surface area contributed by atoms with Crippen LogP contribution in [0.4, 0.5) is 0 Å². The molecule has 2 atom stereocenters. The Morgan fingerprint density at radius 2 is 2.06 bits per heavy atom. The molecule has 0 aliphatic carbocycles. The van der Waals surface area contributed by atoms with Gasteiger partial charge in [-0.3, -0.25) is 0 Å². The topological polar surface area (TPSA) is 18.5 Å². The largest absolute Gasteiger partial charge is 0.316 e. The normalized spacial score (nSPS) is 31.0. The molecule has 0 amide bonds. The minimum atomic E-state index is 0.820. The fraction of sp³-hybridized carbons (Fsp3) is 1.00. The third kappa shape index (κ3) is 4.22. The molecular weight excluding hydrogens is 222 g/mol. The zero-order valence-corrected chi connectivity index (χ0v) is 12.3. The highest BCUT2D eigenvalue weighted by atomic mass is 15.2. The van der Waals surface area contributed by atoms with Crippen molar-refractivity contribution < 1.29 is 0 Å².